The van der Waals surface area contributed by atoms with Crippen LogP contribution in [0.1, 0.15) is 24.5 Å². The van der Waals surface area contributed by atoms with E-state index in [2.05, 4.69) is 47.1 Å². The Hall–Kier alpha value is -1.87. The summed E-state index contributed by atoms with van der Waals surface area (Å²) in [5.41, 5.74) is 8.13. The molecule has 2 aromatic rings. The molecule has 1 heterocycles. The highest BCUT2D eigenvalue weighted by Crippen LogP contribution is 2.16. The lowest BCUT2D eigenvalue weighted by Crippen LogP contribution is -2.24. The summed E-state index contributed by atoms with van der Waals surface area (Å²) in [6, 6.07) is 14.5. The molecule has 0 saturated heterocycles. The zero-order chi connectivity index (χ0) is 13.5. The second-order valence-electron chi connectivity index (χ2n) is 4.63. The van der Waals surface area contributed by atoms with Gasteiger partial charge in [0.15, 0.2) is 0 Å². The van der Waals surface area contributed by atoms with E-state index in [1.807, 2.05) is 18.3 Å². The summed E-state index contributed by atoms with van der Waals surface area (Å²) in [5.74, 6) is 1.01. The maximum atomic E-state index is 5.70. The first-order valence-electron chi connectivity index (χ1n) is 6.77. The van der Waals surface area contributed by atoms with Crippen molar-refractivity contribution in [1.29, 1.82) is 0 Å². The maximum absolute atomic E-state index is 5.70. The number of benzene rings is 1. The van der Waals surface area contributed by atoms with Crippen LogP contribution >= 0.6 is 0 Å². The van der Waals surface area contributed by atoms with E-state index in [-0.39, 0.29) is 0 Å². The van der Waals surface area contributed by atoms with Gasteiger partial charge in [-0.05, 0) is 29.7 Å². The van der Waals surface area contributed by atoms with Crippen molar-refractivity contribution in [3.8, 4) is 0 Å². The molecule has 0 radical (unpaired) electrons. The first-order valence-corrected chi connectivity index (χ1v) is 6.77. The second-order valence-corrected chi connectivity index (χ2v) is 4.63. The molecule has 0 aliphatic rings. The lowest BCUT2D eigenvalue weighted by molar-refractivity contribution is 0.753. The third kappa shape index (κ3) is 3.80. The highest BCUT2D eigenvalue weighted by atomic mass is 15.2. The van der Waals surface area contributed by atoms with Crippen molar-refractivity contribution in [2.45, 2.75) is 26.4 Å². The van der Waals surface area contributed by atoms with Gasteiger partial charge in [-0.25, -0.2) is 4.98 Å². The third-order valence-corrected chi connectivity index (χ3v) is 3.08. The molecule has 0 aliphatic carbocycles. The normalized spacial score (nSPS) is 10.4. The molecular formula is C16H21N3. The lowest BCUT2D eigenvalue weighted by Gasteiger charge is -2.23. The van der Waals surface area contributed by atoms with Gasteiger partial charge in [-0.2, -0.15) is 0 Å². The minimum atomic E-state index is 0.556. The van der Waals surface area contributed by atoms with Gasteiger partial charge in [-0.15, -0.1) is 0 Å². The number of aromatic nitrogens is 1. The third-order valence-electron chi connectivity index (χ3n) is 3.08. The van der Waals surface area contributed by atoms with E-state index >= 15 is 0 Å². The molecule has 3 heteroatoms. The highest BCUT2D eigenvalue weighted by molar-refractivity contribution is 5.42. The van der Waals surface area contributed by atoms with Gasteiger partial charge in [0.2, 0.25) is 0 Å². The van der Waals surface area contributed by atoms with Gasteiger partial charge in [-0.1, -0.05) is 37.3 Å². The first-order chi connectivity index (χ1) is 9.33. The van der Waals surface area contributed by atoms with E-state index in [1.165, 1.54) is 5.56 Å². The summed E-state index contributed by atoms with van der Waals surface area (Å²) in [4.78, 5) is 6.77. The van der Waals surface area contributed by atoms with Crippen LogP contribution in [0.2, 0.25) is 0 Å². The molecule has 0 amide bonds. The van der Waals surface area contributed by atoms with Gasteiger partial charge in [0.05, 0.1) is 0 Å². The first kappa shape index (κ1) is 13.6. The van der Waals surface area contributed by atoms with Crippen molar-refractivity contribution in [3.05, 3.63) is 59.8 Å². The van der Waals surface area contributed by atoms with Crippen molar-refractivity contribution in [1.82, 2.24) is 4.98 Å². The number of pyridine rings is 1. The predicted molar refractivity (Wildman–Crippen MR) is 79.9 cm³/mol. The Bertz CT molecular complexity index is 496. The van der Waals surface area contributed by atoms with Crippen molar-refractivity contribution in [2.24, 2.45) is 5.73 Å². The quantitative estimate of drug-likeness (QED) is 0.863. The van der Waals surface area contributed by atoms with E-state index in [9.17, 15) is 0 Å². The van der Waals surface area contributed by atoms with Crippen LogP contribution in [0.5, 0.6) is 0 Å². The Morgan fingerprint density at radius 3 is 2.58 bits per heavy atom. The smallest absolute Gasteiger partial charge is 0.129 e. The summed E-state index contributed by atoms with van der Waals surface area (Å²) in [6.45, 7) is 4.62. The second kappa shape index (κ2) is 6.90. The standard InChI is InChI=1S/C16H21N3/c1-2-10-19(13-14-6-4-3-5-7-14)16-11-15(12-17)8-9-18-16/h3-9,11H,2,10,12-13,17H2,1H3. The minimum Gasteiger partial charge on any atom is -0.352 e. The molecule has 2 rings (SSSR count). The lowest BCUT2D eigenvalue weighted by atomic mass is 10.2. The molecule has 1 aromatic carbocycles. The Morgan fingerprint density at radius 2 is 1.89 bits per heavy atom. The molecular weight excluding hydrogens is 234 g/mol. The van der Waals surface area contributed by atoms with E-state index in [4.69, 9.17) is 5.73 Å². The summed E-state index contributed by atoms with van der Waals surface area (Å²) >= 11 is 0. The maximum Gasteiger partial charge on any atom is 0.129 e. The molecule has 0 saturated carbocycles. The number of hydrogen-bond donors (Lipinski definition) is 1. The molecule has 0 fully saturated rings. The van der Waals surface area contributed by atoms with Crippen LogP contribution < -0.4 is 10.6 Å². The summed E-state index contributed by atoms with van der Waals surface area (Å²) < 4.78 is 0. The Labute approximate surface area is 115 Å². The van der Waals surface area contributed by atoms with Gasteiger partial charge in [0.25, 0.3) is 0 Å². The fourth-order valence-corrected chi connectivity index (χ4v) is 2.11. The van der Waals surface area contributed by atoms with Crippen LogP contribution in [-0.2, 0) is 13.1 Å². The monoisotopic (exact) mass is 255 g/mol. The van der Waals surface area contributed by atoms with Gasteiger partial charge in [0, 0.05) is 25.8 Å². The highest BCUT2D eigenvalue weighted by Gasteiger charge is 2.08. The van der Waals surface area contributed by atoms with E-state index in [0.29, 0.717) is 6.54 Å². The number of hydrogen-bond acceptors (Lipinski definition) is 3. The molecule has 3 nitrogen and oxygen atoms in total. The summed E-state index contributed by atoms with van der Waals surface area (Å²) in [5, 5.41) is 0. The molecule has 0 atom stereocenters. The van der Waals surface area contributed by atoms with E-state index < -0.39 is 0 Å². The van der Waals surface area contributed by atoms with Crippen molar-refractivity contribution in [2.75, 3.05) is 11.4 Å². The van der Waals surface area contributed by atoms with Crippen LogP contribution in [0.4, 0.5) is 5.82 Å². The average Bonchev–Trinajstić information content (AvgIpc) is 2.48. The molecule has 0 bridgehead atoms. The number of nitrogens with zero attached hydrogens (tertiary/aromatic N) is 2. The molecule has 19 heavy (non-hydrogen) atoms. The average molecular weight is 255 g/mol. The molecule has 0 unspecified atom stereocenters. The molecule has 0 spiro atoms. The van der Waals surface area contributed by atoms with Crippen LogP contribution in [0.3, 0.4) is 0 Å². The van der Waals surface area contributed by atoms with E-state index in [1.54, 1.807) is 0 Å². The van der Waals surface area contributed by atoms with Crippen molar-refractivity contribution < 1.29 is 0 Å². The van der Waals surface area contributed by atoms with Crippen LogP contribution in [-0.4, -0.2) is 11.5 Å². The van der Waals surface area contributed by atoms with Crippen molar-refractivity contribution >= 4 is 5.82 Å². The van der Waals surface area contributed by atoms with Crippen LogP contribution in [0.15, 0.2) is 48.7 Å². The summed E-state index contributed by atoms with van der Waals surface area (Å²) in [6.07, 6.45) is 2.94. The zero-order valence-electron chi connectivity index (χ0n) is 11.4. The predicted octanol–water partition coefficient (Wildman–Crippen LogP) is 2.96. The largest absolute Gasteiger partial charge is 0.352 e. The fourth-order valence-electron chi connectivity index (χ4n) is 2.11. The van der Waals surface area contributed by atoms with Gasteiger partial charge in [-0.3, -0.25) is 0 Å². The number of nitrogens with two attached hydrogens (primary N) is 1. The number of anilines is 1. The topological polar surface area (TPSA) is 42.1 Å². The zero-order valence-corrected chi connectivity index (χ0v) is 11.4. The Kier molecular flexibility index (Phi) is 4.93. The van der Waals surface area contributed by atoms with Gasteiger partial charge in [0.1, 0.15) is 5.82 Å². The van der Waals surface area contributed by atoms with Crippen LogP contribution in [0.25, 0.3) is 0 Å². The summed E-state index contributed by atoms with van der Waals surface area (Å²) in [7, 11) is 0. The molecule has 2 N–H and O–H groups in total. The van der Waals surface area contributed by atoms with Crippen LogP contribution in [0, 0.1) is 0 Å². The Morgan fingerprint density at radius 1 is 1.11 bits per heavy atom. The van der Waals surface area contributed by atoms with E-state index in [0.717, 1.165) is 30.9 Å². The van der Waals surface area contributed by atoms with Crippen molar-refractivity contribution in [3.63, 3.8) is 0 Å². The van der Waals surface area contributed by atoms with Gasteiger partial charge >= 0.3 is 0 Å². The SMILES string of the molecule is CCCN(Cc1ccccc1)c1cc(CN)ccn1. The minimum absolute atomic E-state index is 0.556. The fraction of sp³-hybridized carbons (Fsp3) is 0.312. The Balaban J connectivity index is 2.19. The number of rotatable bonds is 6. The molecule has 0 aliphatic heterocycles. The molecule has 100 valence electrons. The molecule has 1 aromatic heterocycles. The van der Waals surface area contributed by atoms with Gasteiger partial charge < -0.3 is 10.6 Å².